The summed E-state index contributed by atoms with van der Waals surface area (Å²) in [6.45, 7) is 3.61. The molecule has 2 heterocycles. The molecule has 2 aromatic heterocycles. The lowest BCUT2D eigenvalue weighted by Gasteiger charge is -2.12. The summed E-state index contributed by atoms with van der Waals surface area (Å²) in [5.74, 6) is -0.220. The van der Waals surface area contributed by atoms with Crippen LogP contribution >= 0.6 is 23.2 Å². The Balaban J connectivity index is 1.46. The molecule has 2 N–H and O–H groups in total. The zero-order valence-corrected chi connectivity index (χ0v) is 19.7. The summed E-state index contributed by atoms with van der Waals surface area (Å²) in [7, 11) is 0. The van der Waals surface area contributed by atoms with E-state index < -0.39 is 11.9 Å². The highest BCUT2D eigenvalue weighted by molar-refractivity contribution is 6.37. The number of carbonyl (C=O) groups excluding carboxylic acids is 2. The number of aryl methyl sites for hydroxylation is 1. The van der Waals surface area contributed by atoms with Crippen LogP contribution in [0.25, 0.3) is 5.69 Å². The predicted octanol–water partition coefficient (Wildman–Crippen LogP) is 4.18. The number of nitrogens with one attached hydrogen (secondary N) is 2. The molecule has 0 radical (unpaired) electrons. The second-order valence-corrected chi connectivity index (χ2v) is 8.07. The molecule has 0 saturated heterocycles. The molecule has 4 rings (SSSR count). The molecule has 0 aliphatic carbocycles. The van der Waals surface area contributed by atoms with Crippen molar-refractivity contribution in [2.75, 3.05) is 10.6 Å². The molecule has 1 unspecified atom stereocenters. The van der Waals surface area contributed by atoms with Gasteiger partial charge in [0.15, 0.2) is 0 Å². The summed E-state index contributed by atoms with van der Waals surface area (Å²) >= 11 is 12.6. The fourth-order valence-electron chi connectivity index (χ4n) is 3.15. The first-order valence-electron chi connectivity index (χ1n) is 10.3. The van der Waals surface area contributed by atoms with Crippen LogP contribution in [0.5, 0.6) is 0 Å². The van der Waals surface area contributed by atoms with Crippen molar-refractivity contribution >= 4 is 46.4 Å². The average Bonchev–Trinajstić information content (AvgIpc) is 3.50. The van der Waals surface area contributed by atoms with Gasteiger partial charge in [0, 0.05) is 17.8 Å². The summed E-state index contributed by atoms with van der Waals surface area (Å²) in [6, 6.07) is 11.3. The Morgan fingerprint density at radius 3 is 2.26 bits per heavy atom. The molecule has 2 aromatic carbocycles. The second-order valence-electron chi connectivity index (χ2n) is 7.26. The minimum atomic E-state index is -0.526. The first-order chi connectivity index (χ1) is 16.4. The molecular formula is C22H20Cl2N8O2. The molecule has 0 spiro atoms. The lowest BCUT2D eigenvalue weighted by molar-refractivity contribution is -0.119. The number of rotatable bonds is 7. The van der Waals surface area contributed by atoms with E-state index in [1.54, 1.807) is 49.4 Å². The minimum absolute atomic E-state index is 0.0214. The van der Waals surface area contributed by atoms with Crippen LogP contribution in [-0.2, 0) is 11.2 Å². The number of hydrogen-bond donors (Lipinski definition) is 2. The van der Waals surface area contributed by atoms with Crippen molar-refractivity contribution in [2.45, 2.75) is 26.3 Å². The Kier molecular flexibility index (Phi) is 6.90. The SMILES string of the molecule is CCc1nc(C(=O)Nc2ccc(NC(=O)C(C)n3cncn3)cc2)nn1-c1c(Cl)cccc1Cl. The van der Waals surface area contributed by atoms with Gasteiger partial charge in [-0.2, -0.15) is 5.10 Å². The molecule has 10 nitrogen and oxygen atoms in total. The Hall–Kier alpha value is -3.76. The van der Waals surface area contributed by atoms with E-state index in [2.05, 4.69) is 30.8 Å². The Morgan fingerprint density at radius 1 is 1.03 bits per heavy atom. The Labute approximate surface area is 204 Å². The number of nitrogens with zero attached hydrogens (tertiary/aromatic N) is 6. The van der Waals surface area contributed by atoms with Gasteiger partial charge < -0.3 is 10.6 Å². The smallest absolute Gasteiger partial charge is 0.295 e. The third kappa shape index (κ3) is 4.92. The van der Waals surface area contributed by atoms with Gasteiger partial charge in [0.2, 0.25) is 11.7 Å². The Bertz CT molecular complexity index is 1300. The number of carbonyl (C=O) groups is 2. The number of amides is 2. The third-order valence-electron chi connectivity index (χ3n) is 4.97. The summed E-state index contributed by atoms with van der Waals surface area (Å²) in [6.07, 6.45) is 3.36. The van der Waals surface area contributed by atoms with Crippen LogP contribution in [-0.4, -0.2) is 41.3 Å². The van der Waals surface area contributed by atoms with Gasteiger partial charge in [-0.15, -0.1) is 5.10 Å². The normalized spacial score (nSPS) is 11.8. The maximum Gasteiger partial charge on any atom is 0.295 e. The molecule has 34 heavy (non-hydrogen) atoms. The fourth-order valence-corrected chi connectivity index (χ4v) is 3.71. The number of para-hydroxylation sites is 1. The molecule has 0 aliphatic heterocycles. The number of benzene rings is 2. The highest BCUT2D eigenvalue weighted by atomic mass is 35.5. The maximum atomic E-state index is 12.8. The van der Waals surface area contributed by atoms with Crippen LogP contribution in [0.15, 0.2) is 55.1 Å². The fraction of sp³-hybridized carbons (Fsp3) is 0.182. The first kappa shape index (κ1) is 23.4. The number of hydrogen-bond acceptors (Lipinski definition) is 6. The van der Waals surface area contributed by atoms with Gasteiger partial charge >= 0.3 is 0 Å². The zero-order chi connectivity index (χ0) is 24.2. The Morgan fingerprint density at radius 2 is 1.68 bits per heavy atom. The second kappa shape index (κ2) is 10.0. The highest BCUT2D eigenvalue weighted by Gasteiger charge is 2.20. The van der Waals surface area contributed by atoms with Gasteiger partial charge in [0.25, 0.3) is 5.91 Å². The van der Waals surface area contributed by atoms with Crippen molar-refractivity contribution in [3.05, 3.63) is 76.8 Å². The van der Waals surface area contributed by atoms with E-state index >= 15 is 0 Å². The van der Waals surface area contributed by atoms with Crippen molar-refractivity contribution in [2.24, 2.45) is 0 Å². The molecule has 0 aliphatic rings. The first-order valence-corrected chi connectivity index (χ1v) is 11.1. The quantitative estimate of drug-likeness (QED) is 0.394. The zero-order valence-electron chi connectivity index (χ0n) is 18.2. The van der Waals surface area contributed by atoms with E-state index in [1.165, 1.54) is 22.0 Å². The van der Waals surface area contributed by atoms with Gasteiger partial charge in [0.05, 0.1) is 10.0 Å². The third-order valence-corrected chi connectivity index (χ3v) is 5.58. The van der Waals surface area contributed by atoms with Crippen molar-refractivity contribution in [3.63, 3.8) is 0 Å². The van der Waals surface area contributed by atoms with Crippen LogP contribution in [0, 0.1) is 0 Å². The van der Waals surface area contributed by atoms with E-state index in [-0.39, 0.29) is 11.7 Å². The van der Waals surface area contributed by atoms with Crippen LogP contribution < -0.4 is 10.6 Å². The minimum Gasteiger partial charge on any atom is -0.324 e. The molecular weight excluding hydrogens is 479 g/mol. The molecule has 0 fully saturated rings. The van der Waals surface area contributed by atoms with Gasteiger partial charge in [-0.25, -0.2) is 19.3 Å². The van der Waals surface area contributed by atoms with Crippen LogP contribution in [0.4, 0.5) is 11.4 Å². The number of halogens is 2. The topological polar surface area (TPSA) is 120 Å². The lowest BCUT2D eigenvalue weighted by atomic mass is 10.2. The van der Waals surface area contributed by atoms with Crippen LogP contribution in [0.3, 0.4) is 0 Å². The summed E-state index contributed by atoms with van der Waals surface area (Å²) in [5, 5.41) is 14.6. The average molecular weight is 499 g/mol. The van der Waals surface area contributed by atoms with Crippen LogP contribution in [0.1, 0.15) is 36.3 Å². The van der Waals surface area contributed by atoms with Crippen molar-refractivity contribution in [1.29, 1.82) is 0 Å². The standard InChI is InChI=1S/C22H20Cl2N8O2/c1-3-18-29-20(30-32(18)19-16(23)5-4-6-17(19)24)22(34)28-15-9-7-14(8-10-15)27-21(33)13(2)31-12-25-11-26-31/h4-13H,3H2,1-2H3,(H,27,33)(H,28,34). The van der Waals surface area contributed by atoms with Crippen molar-refractivity contribution in [3.8, 4) is 5.69 Å². The molecule has 1 atom stereocenters. The molecule has 2 amide bonds. The van der Waals surface area contributed by atoms with E-state index in [9.17, 15) is 9.59 Å². The van der Waals surface area contributed by atoms with Gasteiger partial charge in [-0.3, -0.25) is 9.59 Å². The summed E-state index contributed by atoms with van der Waals surface area (Å²) < 4.78 is 2.94. The van der Waals surface area contributed by atoms with Crippen LogP contribution in [0.2, 0.25) is 10.0 Å². The molecule has 4 aromatic rings. The monoisotopic (exact) mass is 498 g/mol. The van der Waals surface area contributed by atoms with Crippen molar-refractivity contribution in [1.82, 2.24) is 29.5 Å². The number of anilines is 2. The predicted molar refractivity (Wildman–Crippen MR) is 129 cm³/mol. The summed E-state index contributed by atoms with van der Waals surface area (Å²) in [5.41, 5.74) is 1.55. The van der Waals surface area contributed by atoms with E-state index in [4.69, 9.17) is 23.2 Å². The van der Waals surface area contributed by atoms with Gasteiger partial charge in [-0.1, -0.05) is 36.2 Å². The highest BCUT2D eigenvalue weighted by Crippen LogP contribution is 2.29. The molecule has 174 valence electrons. The molecule has 0 saturated carbocycles. The number of aromatic nitrogens is 6. The summed E-state index contributed by atoms with van der Waals surface area (Å²) in [4.78, 5) is 33.3. The van der Waals surface area contributed by atoms with E-state index in [0.29, 0.717) is 39.4 Å². The molecule has 12 heteroatoms. The van der Waals surface area contributed by atoms with Gasteiger partial charge in [0.1, 0.15) is 30.2 Å². The maximum absolute atomic E-state index is 12.8. The van der Waals surface area contributed by atoms with E-state index in [0.717, 1.165) is 0 Å². The van der Waals surface area contributed by atoms with E-state index in [1.807, 2.05) is 6.92 Å². The lowest BCUT2D eigenvalue weighted by Crippen LogP contribution is -2.24. The van der Waals surface area contributed by atoms with Gasteiger partial charge in [-0.05, 0) is 43.3 Å². The molecule has 0 bridgehead atoms. The largest absolute Gasteiger partial charge is 0.324 e. The van der Waals surface area contributed by atoms with Crippen molar-refractivity contribution < 1.29 is 9.59 Å².